The van der Waals surface area contributed by atoms with E-state index in [-0.39, 0.29) is 12.6 Å². The van der Waals surface area contributed by atoms with Crippen molar-refractivity contribution in [3.8, 4) is 0 Å². The Kier molecular flexibility index (Phi) is 3.16. The van der Waals surface area contributed by atoms with E-state index in [9.17, 15) is 9.90 Å². The van der Waals surface area contributed by atoms with Gasteiger partial charge in [-0.1, -0.05) is 28.1 Å². The van der Waals surface area contributed by atoms with Crippen LogP contribution in [-0.4, -0.2) is 35.8 Å². The minimum Gasteiger partial charge on any atom is -0.439 e. The first-order valence-electron chi connectivity index (χ1n) is 4.93. The van der Waals surface area contributed by atoms with Crippen LogP contribution < -0.4 is 0 Å². The quantitative estimate of drug-likeness (QED) is 0.903. The molecule has 2 atom stereocenters. The van der Waals surface area contributed by atoms with Crippen LogP contribution >= 0.6 is 15.9 Å². The maximum atomic E-state index is 11.4. The number of likely N-dealkylation sites (N-methyl/N-ethyl adjacent to an activating group) is 1. The molecular weight excluding hydrogens is 274 g/mol. The number of aliphatic hydroxyl groups is 1. The normalized spacial score (nSPS) is 24.7. The van der Waals surface area contributed by atoms with Crippen LogP contribution in [0.25, 0.3) is 0 Å². The maximum Gasteiger partial charge on any atom is 0.410 e. The van der Waals surface area contributed by atoms with E-state index in [0.717, 1.165) is 10.0 Å². The molecule has 1 fully saturated rings. The molecule has 1 N–H and O–H groups in total. The minimum atomic E-state index is -0.396. The largest absolute Gasteiger partial charge is 0.439 e. The smallest absolute Gasteiger partial charge is 0.410 e. The molecule has 16 heavy (non-hydrogen) atoms. The molecule has 5 heteroatoms. The van der Waals surface area contributed by atoms with Crippen LogP contribution in [-0.2, 0) is 4.74 Å². The Morgan fingerprint density at radius 3 is 2.62 bits per heavy atom. The number of ether oxygens (including phenoxy) is 1. The average Bonchev–Trinajstić information content (AvgIpc) is 2.56. The highest BCUT2D eigenvalue weighted by Gasteiger charge is 2.39. The third kappa shape index (κ3) is 1.92. The number of cyclic esters (lactones) is 1. The third-order valence-corrected chi connectivity index (χ3v) is 3.28. The molecule has 2 unspecified atom stereocenters. The van der Waals surface area contributed by atoms with Crippen molar-refractivity contribution in [2.45, 2.75) is 12.1 Å². The molecule has 1 amide bonds. The molecule has 0 aliphatic carbocycles. The first kappa shape index (κ1) is 11.4. The lowest BCUT2D eigenvalue weighted by atomic mass is 10.0. The fourth-order valence-corrected chi connectivity index (χ4v) is 2.03. The number of rotatable bonds is 2. The summed E-state index contributed by atoms with van der Waals surface area (Å²) in [4.78, 5) is 12.8. The molecule has 0 aromatic heterocycles. The molecule has 1 heterocycles. The van der Waals surface area contributed by atoms with Gasteiger partial charge in [-0.05, 0) is 17.7 Å². The SMILES string of the molecule is CN1C(=O)OC(c2ccc(Br)cc2)C1CO. The van der Waals surface area contributed by atoms with Gasteiger partial charge in [-0.15, -0.1) is 0 Å². The zero-order valence-electron chi connectivity index (χ0n) is 8.76. The Bertz CT molecular complexity index is 393. The lowest BCUT2D eigenvalue weighted by Crippen LogP contribution is -2.33. The zero-order valence-corrected chi connectivity index (χ0v) is 10.3. The molecule has 1 aliphatic rings. The van der Waals surface area contributed by atoms with Crippen molar-refractivity contribution in [2.75, 3.05) is 13.7 Å². The molecular formula is C11H12BrNO3. The highest BCUT2D eigenvalue weighted by atomic mass is 79.9. The second kappa shape index (κ2) is 4.43. The van der Waals surface area contributed by atoms with Gasteiger partial charge in [0.25, 0.3) is 0 Å². The van der Waals surface area contributed by atoms with Crippen LogP contribution in [0, 0.1) is 0 Å². The number of halogens is 1. The standard InChI is InChI=1S/C11H12BrNO3/c1-13-9(6-14)10(16-11(13)15)7-2-4-8(12)5-3-7/h2-5,9-10,14H,6H2,1H3. The molecule has 0 bridgehead atoms. The Labute approximate surface area is 102 Å². The van der Waals surface area contributed by atoms with Gasteiger partial charge < -0.3 is 14.7 Å². The Morgan fingerprint density at radius 2 is 2.06 bits per heavy atom. The van der Waals surface area contributed by atoms with Crippen molar-refractivity contribution in [3.63, 3.8) is 0 Å². The molecule has 0 saturated carbocycles. The van der Waals surface area contributed by atoms with Gasteiger partial charge in [-0.2, -0.15) is 0 Å². The summed E-state index contributed by atoms with van der Waals surface area (Å²) in [6.07, 6.45) is -0.789. The Hall–Kier alpha value is -1.07. The van der Waals surface area contributed by atoms with E-state index in [1.807, 2.05) is 24.3 Å². The van der Waals surface area contributed by atoms with E-state index in [1.54, 1.807) is 7.05 Å². The predicted molar refractivity (Wildman–Crippen MR) is 62.0 cm³/mol. The van der Waals surface area contributed by atoms with Gasteiger partial charge in [0.05, 0.1) is 12.6 Å². The fourth-order valence-electron chi connectivity index (χ4n) is 1.77. The first-order chi connectivity index (χ1) is 7.63. The van der Waals surface area contributed by atoms with Crippen LogP contribution in [0.2, 0.25) is 0 Å². The van der Waals surface area contributed by atoms with Crippen molar-refractivity contribution < 1.29 is 14.6 Å². The van der Waals surface area contributed by atoms with Crippen LogP contribution in [0.4, 0.5) is 4.79 Å². The van der Waals surface area contributed by atoms with E-state index >= 15 is 0 Å². The van der Waals surface area contributed by atoms with Crippen molar-refractivity contribution in [1.82, 2.24) is 4.90 Å². The van der Waals surface area contributed by atoms with E-state index in [2.05, 4.69) is 15.9 Å². The number of amides is 1. The van der Waals surface area contributed by atoms with E-state index < -0.39 is 12.2 Å². The summed E-state index contributed by atoms with van der Waals surface area (Å²) in [6, 6.07) is 7.22. The maximum absolute atomic E-state index is 11.4. The van der Waals surface area contributed by atoms with Gasteiger partial charge in [0.2, 0.25) is 0 Å². The van der Waals surface area contributed by atoms with E-state index in [0.29, 0.717) is 0 Å². The monoisotopic (exact) mass is 285 g/mol. The fraction of sp³-hybridized carbons (Fsp3) is 0.364. The van der Waals surface area contributed by atoms with Gasteiger partial charge in [0, 0.05) is 11.5 Å². The van der Waals surface area contributed by atoms with Gasteiger partial charge in [-0.25, -0.2) is 4.79 Å². The second-order valence-corrected chi connectivity index (χ2v) is 4.63. The minimum absolute atomic E-state index is 0.108. The number of hydrogen-bond donors (Lipinski definition) is 1. The number of hydrogen-bond acceptors (Lipinski definition) is 3. The molecule has 2 rings (SSSR count). The average molecular weight is 286 g/mol. The number of aliphatic hydroxyl groups excluding tert-OH is 1. The lowest BCUT2D eigenvalue weighted by Gasteiger charge is -2.18. The first-order valence-corrected chi connectivity index (χ1v) is 5.72. The van der Waals surface area contributed by atoms with Crippen molar-refractivity contribution in [1.29, 1.82) is 0 Å². The topological polar surface area (TPSA) is 49.8 Å². The number of carbonyl (C=O) groups excluding carboxylic acids is 1. The predicted octanol–water partition coefficient (Wildman–Crippen LogP) is 1.93. The van der Waals surface area contributed by atoms with Gasteiger partial charge in [0.1, 0.15) is 0 Å². The number of benzene rings is 1. The summed E-state index contributed by atoms with van der Waals surface area (Å²) < 4.78 is 6.18. The molecule has 1 aliphatic heterocycles. The third-order valence-electron chi connectivity index (χ3n) is 2.75. The van der Waals surface area contributed by atoms with Crippen molar-refractivity contribution in [2.24, 2.45) is 0 Å². The highest BCUT2D eigenvalue weighted by Crippen LogP contribution is 2.31. The van der Waals surface area contributed by atoms with Crippen LogP contribution in [0.5, 0.6) is 0 Å². The summed E-state index contributed by atoms with van der Waals surface area (Å²) in [5.74, 6) is 0. The highest BCUT2D eigenvalue weighted by molar-refractivity contribution is 9.10. The molecule has 86 valence electrons. The van der Waals surface area contributed by atoms with Gasteiger partial charge in [-0.3, -0.25) is 0 Å². The lowest BCUT2D eigenvalue weighted by molar-refractivity contribution is 0.118. The van der Waals surface area contributed by atoms with E-state index in [1.165, 1.54) is 4.90 Å². The van der Waals surface area contributed by atoms with Crippen LogP contribution in [0.1, 0.15) is 11.7 Å². The zero-order chi connectivity index (χ0) is 11.7. The van der Waals surface area contributed by atoms with Crippen LogP contribution in [0.15, 0.2) is 28.7 Å². The molecule has 4 nitrogen and oxygen atoms in total. The Morgan fingerprint density at radius 1 is 1.44 bits per heavy atom. The number of carbonyl (C=O) groups is 1. The van der Waals surface area contributed by atoms with Gasteiger partial charge >= 0.3 is 6.09 Å². The van der Waals surface area contributed by atoms with Gasteiger partial charge in [0.15, 0.2) is 6.10 Å². The molecule has 1 saturated heterocycles. The summed E-state index contributed by atoms with van der Waals surface area (Å²) in [5, 5.41) is 9.26. The molecule has 0 radical (unpaired) electrons. The Balaban J connectivity index is 2.27. The van der Waals surface area contributed by atoms with Crippen LogP contribution in [0.3, 0.4) is 0 Å². The molecule has 1 aromatic carbocycles. The summed E-state index contributed by atoms with van der Waals surface area (Å²) in [7, 11) is 1.63. The number of nitrogens with zero attached hydrogens (tertiary/aromatic N) is 1. The second-order valence-electron chi connectivity index (χ2n) is 3.72. The van der Waals surface area contributed by atoms with Crippen molar-refractivity contribution >= 4 is 22.0 Å². The van der Waals surface area contributed by atoms with Crippen molar-refractivity contribution in [3.05, 3.63) is 34.3 Å². The summed E-state index contributed by atoms with van der Waals surface area (Å²) in [5.41, 5.74) is 0.889. The summed E-state index contributed by atoms with van der Waals surface area (Å²) in [6.45, 7) is -0.108. The summed E-state index contributed by atoms with van der Waals surface area (Å²) >= 11 is 3.34. The van der Waals surface area contributed by atoms with E-state index in [4.69, 9.17) is 4.74 Å². The molecule has 1 aromatic rings. The molecule has 0 spiro atoms.